The third-order valence-electron chi connectivity index (χ3n) is 4.01. The van der Waals surface area contributed by atoms with Gasteiger partial charge in [0.2, 0.25) is 0 Å². The highest BCUT2D eigenvalue weighted by atomic mass is 127. The van der Waals surface area contributed by atoms with Crippen molar-refractivity contribution in [3.63, 3.8) is 0 Å². The fraction of sp³-hybridized carbons (Fsp3) is 0.412. The number of hydrogen-bond acceptors (Lipinski definition) is 0. The predicted molar refractivity (Wildman–Crippen MR) is 88.8 cm³/mol. The van der Waals surface area contributed by atoms with Crippen LogP contribution >= 0.6 is 22.6 Å². The van der Waals surface area contributed by atoms with E-state index in [0.717, 1.165) is 6.42 Å². The first-order chi connectivity index (χ1) is 8.45. The van der Waals surface area contributed by atoms with E-state index in [1.54, 1.807) is 16.7 Å². The van der Waals surface area contributed by atoms with Crippen molar-refractivity contribution in [2.45, 2.75) is 40.0 Å². The van der Waals surface area contributed by atoms with Gasteiger partial charge in [0.15, 0.2) is 0 Å². The van der Waals surface area contributed by atoms with Crippen molar-refractivity contribution in [2.75, 3.05) is 0 Å². The van der Waals surface area contributed by atoms with Crippen molar-refractivity contribution in [2.24, 2.45) is 5.41 Å². The standard InChI is InChI=1S/C17H21I/c1-5-6-12(2)9-14-10-13-7-8-15(18)11-16(13)17(14,3)4/h5-6,9,11H,1,7-8,10H2,2-4H3/b12-6-,14-9+. The van der Waals surface area contributed by atoms with E-state index in [1.165, 1.54) is 22.0 Å². The van der Waals surface area contributed by atoms with Crippen LogP contribution in [0.5, 0.6) is 0 Å². The molecule has 0 N–H and O–H groups in total. The van der Waals surface area contributed by atoms with Crippen LogP contribution in [0.2, 0.25) is 0 Å². The Morgan fingerprint density at radius 2 is 2.11 bits per heavy atom. The molecule has 18 heavy (non-hydrogen) atoms. The smallest absolute Gasteiger partial charge is 0.0111 e. The van der Waals surface area contributed by atoms with E-state index in [9.17, 15) is 0 Å². The van der Waals surface area contributed by atoms with Gasteiger partial charge in [-0.2, -0.15) is 0 Å². The van der Waals surface area contributed by atoms with Gasteiger partial charge in [-0.3, -0.25) is 0 Å². The van der Waals surface area contributed by atoms with Gasteiger partial charge >= 0.3 is 0 Å². The number of rotatable bonds is 2. The summed E-state index contributed by atoms with van der Waals surface area (Å²) in [6.45, 7) is 10.6. The van der Waals surface area contributed by atoms with E-state index >= 15 is 0 Å². The Hall–Kier alpha value is -0.570. The molecule has 0 amide bonds. The van der Waals surface area contributed by atoms with Crippen LogP contribution in [0.15, 0.2) is 56.8 Å². The summed E-state index contributed by atoms with van der Waals surface area (Å²) >= 11 is 2.48. The maximum atomic E-state index is 3.77. The van der Waals surface area contributed by atoms with Crippen LogP contribution in [-0.4, -0.2) is 0 Å². The first-order valence-corrected chi connectivity index (χ1v) is 7.62. The Labute approximate surface area is 124 Å². The van der Waals surface area contributed by atoms with Crippen LogP contribution in [0.4, 0.5) is 0 Å². The minimum absolute atomic E-state index is 0.197. The van der Waals surface area contributed by atoms with E-state index in [1.807, 2.05) is 6.08 Å². The predicted octanol–water partition coefficient (Wildman–Crippen LogP) is 5.88. The molecule has 0 spiro atoms. The Balaban J connectivity index is 2.37. The largest absolute Gasteiger partial charge is 0.0991 e. The molecule has 2 aliphatic rings. The molecule has 0 unspecified atom stereocenters. The maximum absolute atomic E-state index is 3.77. The third-order valence-corrected chi connectivity index (χ3v) is 4.86. The molecule has 0 aromatic rings. The summed E-state index contributed by atoms with van der Waals surface area (Å²) in [7, 11) is 0. The highest BCUT2D eigenvalue weighted by Crippen LogP contribution is 2.51. The third kappa shape index (κ3) is 2.56. The lowest BCUT2D eigenvalue weighted by Crippen LogP contribution is -2.13. The molecule has 2 aliphatic carbocycles. The molecule has 0 aliphatic heterocycles. The molecule has 0 saturated heterocycles. The lowest BCUT2D eigenvalue weighted by atomic mass is 9.80. The topological polar surface area (TPSA) is 0 Å². The van der Waals surface area contributed by atoms with Crippen LogP contribution < -0.4 is 0 Å². The van der Waals surface area contributed by atoms with Crippen molar-refractivity contribution in [1.82, 2.24) is 0 Å². The van der Waals surface area contributed by atoms with Gasteiger partial charge in [-0.05, 0) is 64.0 Å². The Morgan fingerprint density at radius 3 is 2.78 bits per heavy atom. The normalized spacial score (nSPS) is 25.2. The first-order valence-electron chi connectivity index (χ1n) is 6.54. The quantitative estimate of drug-likeness (QED) is 0.430. The summed E-state index contributed by atoms with van der Waals surface area (Å²) in [6.07, 6.45) is 12.3. The van der Waals surface area contributed by atoms with E-state index in [2.05, 4.69) is 68.2 Å². The van der Waals surface area contributed by atoms with E-state index in [0.29, 0.717) is 0 Å². The van der Waals surface area contributed by atoms with Crippen LogP contribution in [0.1, 0.15) is 40.0 Å². The minimum atomic E-state index is 0.197. The molecule has 0 heterocycles. The van der Waals surface area contributed by atoms with Crippen molar-refractivity contribution in [1.29, 1.82) is 0 Å². The van der Waals surface area contributed by atoms with E-state index < -0.39 is 0 Å². The molecule has 0 atom stereocenters. The Morgan fingerprint density at radius 1 is 1.39 bits per heavy atom. The van der Waals surface area contributed by atoms with Crippen molar-refractivity contribution < 1.29 is 0 Å². The number of allylic oxidation sites excluding steroid dienone is 9. The molecule has 0 aromatic heterocycles. The van der Waals surface area contributed by atoms with Gasteiger partial charge in [0.25, 0.3) is 0 Å². The highest BCUT2D eigenvalue weighted by molar-refractivity contribution is 14.1. The molecule has 0 bridgehead atoms. The van der Waals surface area contributed by atoms with Gasteiger partial charge in [-0.25, -0.2) is 0 Å². The molecule has 0 saturated carbocycles. The summed E-state index contributed by atoms with van der Waals surface area (Å²) in [6, 6.07) is 0. The van der Waals surface area contributed by atoms with Gasteiger partial charge in [0.1, 0.15) is 0 Å². The van der Waals surface area contributed by atoms with Crippen LogP contribution in [0.3, 0.4) is 0 Å². The maximum Gasteiger partial charge on any atom is 0.0111 e. The zero-order chi connectivity index (χ0) is 13.3. The summed E-state index contributed by atoms with van der Waals surface area (Å²) in [4.78, 5) is 0. The van der Waals surface area contributed by atoms with Crippen LogP contribution in [-0.2, 0) is 0 Å². The number of hydrogen-bond donors (Lipinski definition) is 0. The van der Waals surface area contributed by atoms with Crippen molar-refractivity contribution >= 4 is 22.6 Å². The highest BCUT2D eigenvalue weighted by Gasteiger charge is 2.36. The second-order valence-corrected chi connectivity index (χ2v) is 7.11. The molecule has 0 aromatic carbocycles. The molecule has 1 heteroatoms. The van der Waals surface area contributed by atoms with Crippen molar-refractivity contribution in [3.8, 4) is 0 Å². The molecule has 0 fully saturated rings. The average molecular weight is 352 g/mol. The summed E-state index contributed by atoms with van der Waals surface area (Å²) in [5, 5.41) is 0. The van der Waals surface area contributed by atoms with E-state index in [-0.39, 0.29) is 5.41 Å². The number of halogens is 1. The molecule has 96 valence electrons. The van der Waals surface area contributed by atoms with Gasteiger partial charge in [-0.1, -0.05) is 55.4 Å². The summed E-state index contributed by atoms with van der Waals surface area (Å²) in [5.41, 5.74) is 6.26. The van der Waals surface area contributed by atoms with Gasteiger partial charge < -0.3 is 0 Å². The fourth-order valence-corrected chi connectivity index (χ4v) is 3.49. The summed E-state index contributed by atoms with van der Waals surface area (Å²) in [5.74, 6) is 0. The Kier molecular flexibility index (Phi) is 4.00. The van der Waals surface area contributed by atoms with Gasteiger partial charge in [-0.15, -0.1) is 0 Å². The van der Waals surface area contributed by atoms with Gasteiger partial charge in [0, 0.05) is 5.41 Å². The van der Waals surface area contributed by atoms with E-state index in [4.69, 9.17) is 0 Å². The first kappa shape index (κ1) is 13.9. The van der Waals surface area contributed by atoms with Crippen LogP contribution in [0, 0.1) is 5.41 Å². The Bertz CT molecular complexity index is 496. The second-order valence-electron chi connectivity index (χ2n) is 5.73. The molecular weight excluding hydrogens is 331 g/mol. The molecular formula is C17H21I. The second kappa shape index (κ2) is 5.20. The zero-order valence-electron chi connectivity index (χ0n) is 11.5. The lowest BCUT2D eigenvalue weighted by Gasteiger charge is -2.25. The monoisotopic (exact) mass is 352 g/mol. The SMILES string of the molecule is C=C/C=C(C)\C=C1/CC2=C(C=C(I)CC2)C1(C)C. The lowest BCUT2D eigenvalue weighted by molar-refractivity contribution is 0.565. The van der Waals surface area contributed by atoms with Crippen LogP contribution in [0.25, 0.3) is 0 Å². The fourth-order valence-electron chi connectivity index (χ4n) is 2.91. The van der Waals surface area contributed by atoms with Gasteiger partial charge in [0.05, 0.1) is 0 Å². The summed E-state index contributed by atoms with van der Waals surface area (Å²) < 4.78 is 1.50. The molecule has 0 nitrogen and oxygen atoms in total. The molecule has 2 rings (SSSR count). The zero-order valence-corrected chi connectivity index (χ0v) is 13.7. The minimum Gasteiger partial charge on any atom is -0.0991 e. The average Bonchev–Trinajstić information content (AvgIpc) is 2.52. The van der Waals surface area contributed by atoms with Crippen molar-refractivity contribution in [3.05, 3.63) is 56.8 Å². The molecule has 0 radical (unpaired) electrons.